The lowest BCUT2D eigenvalue weighted by molar-refractivity contribution is 0.420. The average molecular weight is 303 g/mol. The van der Waals surface area contributed by atoms with Crippen molar-refractivity contribution in [1.29, 1.82) is 5.26 Å². The van der Waals surface area contributed by atoms with Gasteiger partial charge in [0.15, 0.2) is 0 Å². The molecule has 0 saturated carbocycles. The summed E-state index contributed by atoms with van der Waals surface area (Å²) in [6, 6.07) is 19.9. The molecule has 0 aliphatic heterocycles. The van der Waals surface area contributed by atoms with Gasteiger partial charge in [-0.25, -0.2) is 4.39 Å². The van der Waals surface area contributed by atoms with Gasteiger partial charge in [0.1, 0.15) is 11.6 Å². The van der Waals surface area contributed by atoms with Crippen LogP contribution in [0.4, 0.5) is 4.39 Å². The van der Waals surface area contributed by atoms with Crippen LogP contribution in [0.15, 0.2) is 60.7 Å². The molecule has 3 heteroatoms. The van der Waals surface area contributed by atoms with Crippen LogP contribution in [-0.2, 0) is 0 Å². The van der Waals surface area contributed by atoms with E-state index in [-0.39, 0.29) is 0 Å². The zero-order valence-electron chi connectivity index (χ0n) is 12.6. The van der Waals surface area contributed by atoms with Crippen molar-refractivity contribution in [3.05, 3.63) is 77.6 Å². The molecule has 3 aromatic carbocycles. The van der Waals surface area contributed by atoms with E-state index in [2.05, 4.69) is 6.07 Å². The van der Waals surface area contributed by atoms with Crippen LogP contribution >= 0.6 is 0 Å². The number of ether oxygens (including phenoxy) is 1. The number of benzene rings is 3. The highest BCUT2D eigenvalue weighted by atomic mass is 19.1. The van der Waals surface area contributed by atoms with Gasteiger partial charge in [-0.3, -0.25) is 0 Å². The van der Waals surface area contributed by atoms with E-state index in [1.807, 2.05) is 36.4 Å². The van der Waals surface area contributed by atoms with E-state index >= 15 is 0 Å². The lowest BCUT2D eigenvalue weighted by atomic mass is 9.99. The van der Waals surface area contributed by atoms with Gasteiger partial charge in [0.25, 0.3) is 0 Å². The maximum atomic E-state index is 14.0. The minimum atomic E-state index is -0.405. The highest BCUT2D eigenvalue weighted by Crippen LogP contribution is 2.31. The molecule has 0 aliphatic rings. The molecule has 23 heavy (non-hydrogen) atoms. The summed E-state index contributed by atoms with van der Waals surface area (Å²) in [5, 5.41) is 11.3. The number of fused-ring (bicyclic) bond motifs is 1. The van der Waals surface area contributed by atoms with Crippen molar-refractivity contribution in [3.63, 3.8) is 0 Å². The molecule has 0 amide bonds. The highest BCUT2D eigenvalue weighted by Gasteiger charge is 2.09. The number of hydrogen-bond donors (Lipinski definition) is 0. The second-order valence-electron chi connectivity index (χ2n) is 5.05. The molecule has 112 valence electrons. The van der Waals surface area contributed by atoms with E-state index in [9.17, 15) is 9.65 Å². The number of nitriles is 1. The third-order valence-electron chi connectivity index (χ3n) is 3.72. The average Bonchev–Trinajstić information content (AvgIpc) is 2.60. The molecule has 0 atom stereocenters. The normalized spacial score (nSPS) is 11.3. The molecule has 0 aliphatic carbocycles. The van der Waals surface area contributed by atoms with Gasteiger partial charge >= 0.3 is 0 Å². The van der Waals surface area contributed by atoms with E-state index in [4.69, 9.17) is 4.74 Å². The number of methoxy groups -OCH3 is 1. The van der Waals surface area contributed by atoms with Crippen molar-refractivity contribution in [2.24, 2.45) is 0 Å². The van der Waals surface area contributed by atoms with Crippen LogP contribution in [0.1, 0.15) is 11.1 Å². The summed E-state index contributed by atoms with van der Waals surface area (Å²) in [6.07, 6.45) is 1.71. The molecule has 0 unspecified atom stereocenters. The van der Waals surface area contributed by atoms with Crippen LogP contribution in [0, 0.1) is 17.1 Å². The van der Waals surface area contributed by atoms with Gasteiger partial charge < -0.3 is 4.74 Å². The van der Waals surface area contributed by atoms with Gasteiger partial charge in [-0.1, -0.05) is 48.5 Å². The zero-order chi connectivity index (χ0) is 16.2. The largest absolute Gasteiger partial charge is 0.496 e. The van der Waals surface area contributed by atoms with Gasteiger partial charge in [-0.05, 0) is 29.2 Å². The van der Waals surface area contributed by atoms with Gasteiger partial charge in [0.2, 0.25) is 0 Å². The first-order valence-corrected chi connectivity index (χ1v) is 7.17. The van der Waals surface area contributed by atoms with Crippen LogP contribution in [0.2, 0.25) is 0 Å². The number of hydrogen-bond acceptors (Lipinski definition) is 2. The molecule has 3 rings (SSSR count). The van der Waals surface area contributed by atoms with Crippen molar-refractivity contribution in [1.82, 2.24) is 0 Å². The van der Waals surface area contributed by atoms with Crippen LogP contribution in [0.5, 0.6) is 5.75 Å². The van der Waals surface area contributed by atoms with E-state index in [0.29, 0.717) is 11.1 Å². The Balaban J connectivity index is 2.21. The minimum Gasteiger partial charge on any atom is -0.496 e. The van der Waals surface area contributed by atoms with Crippen molar-refractivity contribution in [2.75, 3.05) is 7.11 Å². The third-order valence-corrected chi connectivity index (χ3v) is 3.72. The SMILES string of the molecule is COc1ccc(C=C(C#N)c2ccccc2F)c2ccccc12. The summed E-state index contributed by atoms with van der Waals surface area (Å²) < 4.78 is 19.3. The molecular weight excluding hydrogens is 289 g/mol. The van der Waals surface area contributed by atoms with Gasteiger partial charge in [-0.15, -0.1) is 0 Å². The summed E-state index contributed by atoms with van der Waals surface area (Å²) >= 11 is 0. The Labute approximate surface area is 134 Å². The minimum absolute atomic E-state index is 0.290. The molecule has 0 fully saturated rings. The molecule has 3 aromatic rings. The van der Waals surface area contributed by atoms with Gasteiger partial charge in [0.05, 0.1) is 18.8 Å². The summed E-state index contributed by atoms with van der Waals surface area (Å²) in [4.78, 5) is 0. The lowest BCUT2D eigenvalue weighted by Gasteiger charge is -2.09. The maximum Gasteiger partial charge on any atom is 0.131 e. The fourth-order valence-corrected chi connectivity index (χ4v) is 2.60. The zero-order valence-corrected chi connectivity index (χ0v) is 12.6. The Hall–Kier alpha value is -3.12. The van der Waals surface area contributed by atoms with E-state index < -0.39 is 5.82 Å². The first kappa shape index (κ1) is 14.8. The van der Waals surface area contributed by atoms with Crippen LogP contribution in [0.25, 0.3) is 22.4 Å². The molecule has 2 nitrogen and oxygen atoms in total. The summed E-state index contributed by atoms with van der Waals surface area (Å²) in [5.41, 5.74) is 1.44. The van der Waals surface area contributed by atoms with Crippen molar-refractivity contribution >= 4 is 22.4 Å². The second kappa shape index (κ2) is 6.33. The summed E-state index contributed by atoms with van der Waals surface area (Å²) in [5.74, 6) is 0.361. The van der Waals surface area contributed by atoms with E-state index in [1.165, 1.54) is 6.07 Å². The first-order valence-electron chi connectivity index (χ1n) is 7.17. The van der Waals surface area contributed by atoms with Crippen LogP contribution in [0.3, 0.4) is 0 Å². The molecule has 0 bridgehead atoms. The van der Waals surface area contributed by atoms with Gasteiger partial charge in [-0.2, -0.15) is 5.26 Å². The lowest BCUT2D eigenvalue weighted by Crippen LogP contribution is -1.90. The fraction of sp³-hybridized carbons (Fsp3) is 0.0500. The molecular formula is C20H14FNO. The number of allylic oxidation sites excluding steroid dienone is 1. The Morgan fingerprint density at radius 3 is 2.39 bits per heavy atom. The predicted molar refractivity (Wildman–Crippen MR) is 90.4 cm³/mol. The van der Waals surface area contributed by atoms with Crippen molar-refractivity contribution in [3.8, 4) is 11.8 Å². The quantitative estimate of drug-likeness (QED) is 0.501. The maximum absolute atomic E-state index is 14.0. The summed E-state index contributed by atoms with van der Waals surface area (Å²) in [7, 11) is 1.62. The first-order chi connectivity index (χ1) is 11.2. The Bertz CT molecular complexity index is 938. The Kier molecular flexibility index (Phi) is 4.07. The number of rotatable bonds is 3. The Morgan fingerprint density at radius 1 is 1.00 bits per heavy atom. The standard InChI is InChI=1S/C20H14FNO/c1-23-20-11-10-14(16-6-2-3-8-18(16)20)12-15(13-22)17-7-4-5-9-19(17)21/h2-12H,1H3. The van der Waals surface area contributed by atoms with Crippen molar-refractivity contribution < 1.29 is 9.13 Å². The molecule has 0 saturated heterocycles. The molecule has 0 radical (unpaired) electrons. The number of halogens is 1. The van der Waals surface area contributed by atoms with E-state index in [1.54, 1.807) is 31.4 Å². The second-order valence-corrected chi connectivity index (χ2v) is 5.05. The van der Waals surface area contributed by atoms with E-state index in [0.717, 1.165) is 22.1 Å². The van der Waals surface area contributed by atoms with Crippen LogP contribution in [-0.4, -0.2) is 7.11 Å². The molecule has 0 spiro atoms. The molecule has 0 heterocycles. The topological polar surface area (TPSA) is 33.0 Å². The Morgan fingerprint density at radius 2 is 1.70 bits per heavy atom. The third kappa shape index (κ3) is 2.79. The molecule has 0 N–H and O–H groups in total. The van der Waals surface area contributed by atoms with Crippen molar-refractivity contribution in [2.45, 2.75) is 0 Å². The highest BCUT2D eigenvalue weighted by molar-refractivity contribution is 6.00. The fourth-order valence-electron chi connectivity index (χ4n) is 2.60. The molecule has 0 aromatic heterocycles. The summed E-state index contributed by atoms with van der Waals surface area (Å²) in [6.45, 7) is 0. The predicted octanol–water partition coefficient (Wildman–Crippen LogP) is 5.05. The number of nitrogens with zero attached hydrogens (tertiary/aromatic N) is 1. The monoisotopic (exact) mass is 303 g/mol. The smallest absolute Gasteiger partial charge is 0.131 e. The van der Waals surface area contributed by atoms with Crippen LogP contribution < -0.4 is 4.74 Å². The van der Waals surface area contributed by atoms with Gasteiger partial charge in [0, 0.05) is 10.9 Å².